The molecular weight excluding hydrogens is 268 g/mol. The van der Waals surface area contributed by atoms with E-state index in [1.807, 2.05) is 27.7 Å². The number of rotatable bonds is 9. The Bertz CT molecular complexity index is 427. The van der Waals surface area contributed by atoms with E-state index in [1.54, 1.807) is 0 Å². The first-order chi connectivity index (χ1) is 9.61. The van der Waals surface area contributed by atoms with Crippen molar-refractivity contribution in [2.75, 3.05) is 0 Å². The summed E-state index contributed by atoms with van der Waals surface area (Å²) in [5.41, 5.74) is 16.9. The summed E-state index contributed by atoms with van der Waals surface area (Å²) in [4.78, 5) is 24.3. The zero-order valence-corrected chi connectivity index (χ0v) is 13.3. The minimum absolute atomic E-state index is 0.146. The lowest BCUT2D eigenvalue weighted by atomic mass is 9.93. The fraction of sp³-hybridized carbons (Fsp3) is 0.667. The molecule has 6 heteroatoms. The zero-order valence-electron chi connectivity index (χ0n) is 13.3. The third-order valence-electron chi connectivity index (χ3n) is 3.09. The fourth-order valence-electron chi connectivity index (χ4n) is 2.04. The van der Waals surface area contributed by atoms with Gasteiger partial charge >= 0.3 is 0 Å². The van der Waals surface area contributed by atoms with Crippen molar-refractivity contribution in [3.8, 4) is 0 Å². The fourth-order valence-corrected chi connectivity index (χ4v) is 2.04. The van der Waals surface area contributed by atoms with Gasteiger partial charge in [-0.1, -0.05) is 27.7 Å². The number of ketones is 2. The van der Waals surface area contributed by atoms with Crippen molar-refractivity contribution in [2.24, 2.45) is 29.0 Å². The normalized spacial score (nSPS) is 15.6. The van der Waals surface area contributed by atoms with E-state index < -0.39 is 23.7 Å². The molecule has 0 aromatic carbocycles. The molecule has 0 heterocycles. The molecule has 0 amide bonds. The second-order valence-electron chi connectivity index (χ2n) is 6.17. The second-order valence-corrected chi connectivity index (χ2v) is 6.17. The Balaban J connectivity index is 5.24. The molecule has 0 unspecified atom stereocenters. The smallest absolute Gasteiger partial charge is 0.195 e. The topological polar surface area (TPSA) is 136 Å². The zero-order chi connectivity index (χ0) is 16.7. The van der Waals surface area contributed by atoms with Crippen LogP contribution in [0.25, 0.3) is 0 Å². The van der Waals surface area contributed by atoms with Gasteiger partial charge in [0.15, 0.2) is 11.6 Å². The molecule has 0 aliphatic carbocycles. The number of carbonyl (C=O) groups excluding carboxylic acids is 2. The van der Waals surface area contributed by atoms with Crippen molar-refractivity contribution in [1.29, 1.82) is 5.41 Å². The lowest BCUT2D eigenvalue weighted by Crippen LogP contribution is -2.39. The molecule has 0 aliphatic rings. The van der Waals surface area contributed by atoms with Crippen molar-refractivity contribution in [3.63, 3.8) is 0 Å². The minimum Gasteiger partial charge on any atom is -0.395 e. The Morgan fingerprint density at radius 3 is 1.67 bits per heavy atom. The first kappa shape index (κ1) is 19.5. The summed E-state index contributed by atoms with van der Waals surface area (Å²) in [6.45, 7) is 7.75. The minimum atomic E-state index is -0.769. The molecule has 0 spiro atoms. The average molecular weight is 296 g/mol. The SMILES string of the molecule is CC(C)C[C@H](N)C(=O)C(N)=C(C=N)C(=O)[C@@H](N)CC(C)C. The molecule has 2 atom stereocenters. The van der Waals surface area contributed by atoms with Gasteiger partial charge in [-0.05, 0) is 24.7 Å². The van der Waals surface area contributed by atoms with Crippen LogP contribution in [0.5, 0.6) is 0 Å². The summed E-state index contributed by atoms with van der Waals surface area (Å²) in [5.74, 6) is -0.524. The number of carbonyl (C=O) groups is 2. The summed E-state index contributed by atoms with van der Waals surface area (Å²) in [7, 11) is 0. The summed E-state index contributed by atoms with van der Waals surface area (Å²) in [5, 5.41) is 7.34. The Labute approximate surface area is 126 Å². The molecule has 0 saturated heterocycles. The third kappa shape index (κ3) is 6.18. The van der Waals surface area contributed by atoms with Crippen LogP contribution < -0.4 is 17.2 Å². The Kier molecular flexibility index (Phi) is 8.06. The van der Waals surface area contributed by atoms with E-state index in [0.29, 0.717) is 12.8 Å². The van der Waals surface area contributed by atoms with Crippen molar-refractivity contribution in [3.05, 3.63) is 11.3 Å². The average Bonchev–Trinajstić information content (AvgIpc) is 2.36. The molecule has 7 N–H and O–H groups in total. The van der Waals surface area contributed by atoms with Gasteiger partial charge in [0, 0.05) is 6.21 Å². The van der Waals surface area contributed by atoms with Gasteiger partial charge in [-0.2, -0.15) is 0 Å². The molecule has 6 nitrogen and oxygen atoms in total. The predicted molar refractivity (Wildman–Crippen MR) is 84.9 cm³/mol. The highest BCUT2D eigenvalue weighted by Gasteiger charge is 2.25. The van der Waals surface area contributed by atoms with E-state index in [-0.39, 0.29) is 23.1 Å². The van der Waals surface area contributed by atoms with Crippen molar-refractivity contribution < 1.29 is 9.59 Å². The number of Topliss-reactive ketones (excluding diaryl/α,β-unsaturated/α-hetero) is 2. The van der Waals surface area contributed by atoms with Crippen LogP contribution in [0.15, 0.2) is 11.3 Å². The van der Waals surface area contributed by atoms with Gasteiger partial charge in [0.25, 0.3) is 0 Å². The van der Waals surface area contributed by atoms with Crippen molar-refractivity contribution in [1.82, 2.24) is 0 Å². The molecule has 0 fully saturated rings. The highest BCUT2D eigenvalue weighted by Crippen LogP contribution is 2.12. The first-order valence-corrected chi connectivity index (χ1v) is 7.21. The van der Waals surface area contributed by atoms with E-state index in [9.17, 15) is 9.59 Å². The van der Waals surface area contributed by atoms with Gasteiger partial charge in [-0.3, -0.25) is 9.59 Å². The molecule has 0 saturated carbocycles. The first-order valence-electron chi connectivity index (χ1n) is 7.21. The monoisotopic (exact) mass is 296 g/mol. The van der Waals surface area contributed by atoms with E-state index >= 15 is 0 Å². The van der Waals surface area contributed by atoms with Crippen LogP contribution in [0.1, 0.15) is 40.5 Å². The van der Waals surface area contributed by atoms with Crippen LogP contribution in [-0.4, -0.2) is 29.9 Å². The largest absolute Gasteiger partial charge is 0.395 e. The third-order valence-corrected chi connectivity index (χ3v) is 3.09. The molecule has 120 valence electrons. The van der Waals surface area contributed by atoms with E-state index in [1.165, 1.54) is 0 Å². The molecule has 0 aliphatic heterocycles. The van der Waals surface area contributed by atoms with Gasteiger partial charge in [0.05, 0.1) is 23.4 Å². The number of nitrogens with two attached hydrogens (primary N) is 3. The van der Waals surface area contributed by atoms with E-state index in [2.05, 4.69) is 0 Å². The summed E-state index contributed by atoms with van der Waals surface area (Å²) in [6, 6.07) is -1.54. The van der Waals surface area contributed by atoms with Crippen LogP contribution in [0.2, 0.25) is 0 Å². The number of nitrogens with one attached hydrogen (secondary N) is 1. The maximum absolute atomic E-state index is 12.2. The lowest BCUT2D eigenvalue weighted by Gasteiger charge is -2.17. The summed E-state index contributed by atoms with van der Waals surface area (Å²) < 4.78 is 0. The molecule has 0 bridgehead atoms. The Morgan fingerprint density at radius 1 is 0.952 bits per heavy atom. The van der Waals surface area contributed by atoms with Gasteiger partial charge in [0.1, 0.15) is 0 Å². The highest BCUT2D eigenvalue weighted by atomic mass is 16.1. The van der Waals surface area contributed by atoms with E-state index in [0.717, 1.165) is 6.21 Å². The Morgan fingerprint density at radius 2 is 1.33 bits per heavy atom. The van der Waals surface area contributed by atoms with Crippen LogP contribution >= 0.6 is 0 Å². The predicted octanol–water partition coefficient (Wildman–Crippen LogP) is 0.734. The number of hydrogen-bond donors (Lipinski definition) is 4. The summed E-state index contributed by atoms with van der Waals surface area (Å²) >= 11 is 0. The van der Waals surface area contributed by atoms with Crippen molar-refractivity contribution >= 4 is 17.8 Å². The second kappa shape index (κ2) is 8.69. The van der Waals surface area contributed by atoms with Crippen molar-refractivity contribution in [2.45, 2.75) is 52.6 Å². The standard InChI is InChI=1S/C15H28N4O2/c1-8(2)5-11(17)14(20)10(7-16)13(19)15(21)12(18)6-9(3)4/h7-9,11-12,16H,5-6,17-19H2,1-4H3/t11-,12-/m0/s1. The quantitative estimate of drug-likeness (QED) is 0.367. The van der Waals surface area contributed by atoms with Gasteiger partial charge in [0.2, 0.25) is 0 Å². The molecule has 0 aromatic heterocycles. The molecular formula is C15H28N4O2. The maximum atomic E-state index is 12.2. The maximum Gasteiger partial charge on any atom is 0.195 e. The van der Waals surface area contributed by atoms with Crippen LogP contribution in [0.3, 0.4) is 0 Å². The molecule has 0 radical (unpaired) electrons. The van der Waals surface area contributed by atoms with Gasteiger partial charge < -0.3 is 22.6 Å². The van der Waals surface area contributed by atoms with Gasteiger partial charge in [-0.25, -0.2) is 0 Å². The molecule has 0 rings (SSSR count). The molecule has 0 aromatic rings. The summed E-state index contributed by atoms with van der Waals surface area (Å²) in [6.07, 6.45) is 1.73. The van der Waals surface area contributed by atoms with Crippen LogP contribution in [0, 0.1) is 17.2 Å². The van der Waals surface area contributed by atoms with E-state index in [4.69, 9.17) is 22.6 Å². The molecule has 21 heavy (non-hydrogen) atoms. The number of hydrogen-bond acceptors (Lipinski definition) is 6. The van der Waals surface area contributed by atoms with Crippen LogP contribution in [-0.2, 0) is 9.59 Å². The highest BCUT2D eigenvalue weighted by molar-refractivity contribution is 6.20. The lowest BCUT2D eigenvalue weighted by molar-refractivity contribution is -0.119. The Hall–Kier alpha value is -1.53. The van der Waals surface area contributed by atoms with Crippen LogP contribution in [0.4, 0.5) is 0 Å². The van der Waals surface area contributed by atoms with Gasteiger partial charge in [-0.15, -0.1) is 0 Å².